The van der Waals surface area contributed by atoms with E-state index in [1.54, 1.807) is 13.8 Å². The number of nitro benzene ring substituents is 2. The second-order valence-electron chi connectivity index (χ2n) is 7.18. The van der Waals surface area contributed by atoms with E-state index in [9.17, 15) is 28.6 Å². The zero-order chi connectivity index (χ0) is 24.1. The topological polar surface area (TPSA) is 133 Å². The number of hydrogen-bond donors (Lipinski definition) is 0. The van der Waals surface area contributed by atoms with E-state index >= 15 is 0 Å². The zero-order valence-corrected chi connectivity index (χ0v) is 18.4. The van der Waals surface area contributed by atoms with Crippen molar-refractivity contribution >= 4 is 21.4 Å². The highest BCUT2D eigenvalue weighted by atomic mass is 32.2. The van der Waals surface area contributed by atoms with Gasteiger partial charge in [-0.2, -0.15) is 4.31 Å². The molecule has 0 saturated carbocycles. The molecule has 32 heavy (non-hydrogen) atoms. The van der Waals surface area contributed by atoms with E-state index < -0.39 is 25.9 Å². The number of non-ortho nitro benzene ring substituents is 2. The molecule has 170 valence electrons. The molecular weight excluding hydrogens is 438 g/mol. The Labute approximate surface area is 185 Å². The molecule has 0 N–H and O–H groups in total. The molecule has 0 radical (unpaired) electrons. The summed E-state index contributed by atoms with van der Waals surface area (Å²) in [6.07, 6.45) is 0. The quantitative estimate of drug-likeness (QED) is 0.279. The molecule has 2 aromatic carbocycles. The van der Waals surface area contributed by atoms with Gasteiger partial charge in [0.15, 0.2) is 0 Å². The Bertz CT molecular complexity index is 1130. The minimum Gasteiger partial charge on any atom is -0.492 e. The number of ether oxygens (including phenoxy) is 1. The van der Waals surface area contributed by atoms with Gasteiger partial charge in [-0.15, -0.1) is 0 Å². The third-order valence-electron chi connectivity index (χ3n) is 4.45. The molecule has 0 amide bonds. The van der Waals surface area contributed by atoms with E-state index in [1.165, 1.54) is 40.7 Å². The first-order valence-electron chi connectivity index (χ1n) is 9.37. The van der Waals surface area contributed by atoms with E-state index in [0.717, 1.165) is 12.1 Å². The zero-order valence-electron chi connectivity index (χ0n) is 17.6. The number of benzene rings is 2. The van der Waals surface area contributed by atoms with Crippen molar-refractivity contribution in [3.63, 3.8) is 0 Å². The van der Waals surface area contributed by atoms with Crippen molar-refractivity contribution in [2.75, 3.05) is 13.2 Å². The molecule has 0 aliphatic heterocycles. The molecule has 2 rings (SSSR count). The molecule has 0 aliphatic carbocycles. The summed E-state index contributed by atoms with van der Waals surface area (Å²) in [5, 5.41) is 21.7. The molecule has 1 unspecified atom stereocenters. The van der Waals surface area contributed by atoms with Crippen molar-refractivity contribution in [1.82, 2.24) is 4.31 Å². The predicted octanol–water partition coefficient (Wildman–Crippen LogP) is 4.09. The summed E-state index contributed by atoms with van der Waals surface area (Å²) in [5.74, 6) is 0.324. The van der Waals surface area contributed by atoms with Crippen LogP contribution in [0.15, 0.2) is 77.7 Å². The molecule has 0 bridgehead atoms. The van der Waals surface area contributed by atoms with Gasteiger partial charge in [-0.25, -0.2) is 8.42 Å². The van der Waals surface area contributed by atoms with Crippen molar-refractivity contribution in [1.29, 1.82) is 0 Å². The lowest BCUT2D eigenvalue weighted by Gasteiger charge is -2.31. The summed E-state index contributed by atoms with van der Waals surface area (Å²) in [7, 11) is -4.09. The van der Waals surface area contributed by atoms with Gasteiger partial charge in [-0.3, -0.25) is 20.2 Å². The van der Waals surface area contributed by atoms with Crippen molar-refractivity contribution in [2.24, 2.45) is 0 Å². The second-order valence-corrected chi connectivity index (χ2v) is 9.07. The fourth-order valence-corrected chi connectivity index (χ4v) is 4.53. The van der Waals surface area contributed by atoms with Gasteiger partial charge in [0.2, 0.25) is 10.0 Å². The lowest BCUT2D eigenvalue weighted by molar-refractivity contribution is -0.385. The van der Waals surface area contributed by atoms with E-state index in [2.05, 4.69) is 13.2 Å². The number of hydrogen-bond acceptors (Lipinski definition) is 7. The number of nitro groups is 2. The lowest BCUT2D eigenvalue weighted by atomic mass is 10.1. The van der Waals surface area contributed by atoms with Crippen LogP contribution in [0.3, 0.4) is 0 Å². The van der Waals surface area contributed by atoms with Gasteiger partial charge in [0.1, 0.15) is 12.4 Å². The first-order chi connectivity index (χ1) is 14.9. The summed E-state index contributed by atoms with van der Waals surface area (Å²) < 4.78 is 33.6. The van der Waals surface area contributed by atoms with E-state index in [0.29, 0.717) is 16.9 Å². The van der Waals surface area contributed by atoms with Crippen LogP contribution < -0.4 is 4.74 Å². The van der Waals surface area contributed by atoms with Crippen LogP contribution in [-0.4, -0.2) is 41.8 Å². The normalized spacial score (nSPS) is 12.2. The summed E-state index contributed by atoms with van der Waals surface area (Å²) >= 11 is 0. The van der Waals surface area contributed by atoms with Crippen molar-refractivity contribution in [2.45, 2.75) is 24.8 Å². The summed E-state index contributed by atoms with van der Waals surface area (Å²) in [6, 6.07) is 9.20. The Morgan fingerprint density at radius 1 is 0.969 bits per heavy atom. The Morgan fingerprint density at radius 2 is 1.44 bits per heavy atom. The van der Waals surface area contributed by atoms with Crippen LogP contribution in [-0.2, 0) is 10.0 Å². The molecule has 10 nitrogen and oxygen atoms in total. The van der Waals surface area contributed by atoms with Crippen molar-refractivity contribution < 1.29 is 23.0 Å². The highest BCUT2D eigenvalue weighted by Crippen LogP contribution is 2.25. The van der Waals surface area contributed by atoms with Gasteiger partial charge < -0.3 is 4.74 Å². The lowest BCUT2D eigenvalue weighted by Crippen LogP contribution is -2.45. The molecule has 11 heteroatoms. The highest BCUT2D eigenvalue weighted by Gasteiger charge is 2.33. The Hall–Kier alpha value is -3.57. The van der Waals surface area contributed by atoms with Crippen LogP contribution >= 0.6 is 0 Å². The number of rotatable bonds is 11. The fraction of sp³-hybridized carbons (Fsp3) is 0.238. The van der Waals surface area contributed by atoms with Crippen LogP contribution in [0.1, 0.15) is 13.8 Å². The van der Waals surface area contributed by atoms with Crippen molar-refractivity contribution in [3.05, 3.63) is 93.1 Å². The van der Waals surface area contributed by atoms with Gasteiger partial charge in [-0.05, 0) is 38.1 Å². The van der Waals surface area contributed by atoms with Gasteiger partial charge >= 0.3 is 0 Å². The van der Waals surface area contributed by atoms with E-state index in [4.69, 9.17) is 4.74 Å². The maximum atomic E-state index is 13.4. The molecule has 0 fully saturated rings. The number of sulfonamides is 1. The molecule has 0 spiro atoms. The second kappa shape index (κ2) is 10.2. The Morgan fingerprint density at radius 3 is 1.84 bits per heavy atom. The smallest absolute Gasteiger partial charge is 0.269 e. The molecule has 0 saturated heterocycles. The third-order valence-corrected chi connectivity index (χ3v) is 6.32. The van der Waals surface area contributed by atoms with E-state index in [1.807, 2.05) is 0 Å². The largest absolute Gasteiger partial charge is 0.492 e. The van der Waals surface area contributed by atoms with Gasteiger partial charge in [0, 0.05) is 30.8 Å². The van der Waals surface area contributed by atoms with Crippen LogP contribution in [0.25, 0.3) is 0 Å². The van der Waals surface area contributed by atoms with E-state index in [-0.39, 0.29) is 29.4 Å². The fourth-order valence-electron chi connectivity index (χ4n) is 2.81. The summed E-state index contributed by atoms with van der Waals surface area (Å²) in [6.45, 7) is 10.9. The van der Waals surface area contributed by atoms with Gasteiger partial charge in [0.25, 0.3) is 11.4 Å². The minimum absolute atomic E-state index is 0.0273. The molecule has 2 aromatic rings. The van der Waals surface area contributed by atoms with Crippen LogP contribution in [0.5, 0.6) is 5.75 Å². The first kappa shape index (κ1) is 24.7. The highest BCUT2D eigenvalue weighted by molar-refractivity contribution is 7.89. The maximum Gasteiger partial charge on any atom is 0.269 e. The van der Waals surface area contributed by atoms with Crippen LogP contribution in [0.2, 0.25) is 0 Å². The summed E-state index contributed by atoms with van der Waals surface area (Å²) in [5.41, 5.74) is 0.738. The SMILES string of the molecule is C=C(C)CN(C(COc1ccc([N+](=O)[O-])cc1)C(=C)C)S(=O)(=O)c1ccc([N+](=O)[O-])cc1. The van der Waals surface area contributed by atoms with Crippen LogP contribution in [0.4, 0.5) is 11.4 Å². The van der Waals surface area contributed by atoms with Gasteiger partial charge in [-0.1, -0.05) is 24.3 Å². The third kappa shape index (κ3) is 5.99. The Balaban J connectivity index is 2.35. The molecule has 0 aliphatic rings. The van der Waals surface area contributed by atoms with Gasteiger partial charge in [0.05, 0.1) is 20.8 Å². The molecular formula is C21H23N3O7S. The molecule has 0 aromatic heterocycles. The Kier molecular flexibility index (Phi) is 7.84. The maximum absolute atomic E-state index is 13.4. The molecule has 0 heterocycles. The standard InChI is InChI=1S/C21H23N3O7S/c1-15(2)13-22(32(29,30)20-11-7-18(8-12-20)24(27)28)21(16(3)4)14-31-19-9-5-17(6-10-19)23(25)26/h5-12,21H,1,3,13-14H2,2,4H3. The number of nitrogens with zero attached hydrogens (tertiary/aromatic N) is 3. The minimum atomic E-state index is -4.09. The average Bonchev–Trinajstić information content (AvgIpc) is 2.73. The first-order valence-corrected chi connectivity index (χ1v) is 10.8. The predicted molar refractivity (Wildman–Crippen MR) is 119 cm³/mol. The average molecular weight is 461 g/mol. The monoisotopic (exact) mass is 461 g/mol. The molecule has 1 atom stereocenters. The summed E-state index contributed by atoms with van der Waals surface area (Å²) in [4.78, 5) is 20.4. The van der Waals surface area contributed by atoms with Crippen LogP contribution in [0, 0.1) is 20.2 Å². The van der Waals surface area contributed by atoms with Crippen molar-refractivity contribution in [3.8, 4) is 5.75 Å².